The van der Waals surface area contributed by atoms with Gasteiger partial charge in [0.1, 0.15) is 5.75 Å². The third-order valence-corrected chi connectivity index (χ3v) is 4.68. The number of benzene rings is 1. The normalized spacial score (nSPS) is 24.8. The van der Waals surface area contributed by atoms with Crippen molar-refractivity contribution < 1.29 is 9.84 Å². The third kappa shape index (κ3) is 3.57. The van der Waals surface area contributed by atoms with E-state index in [9.17, 15) is 5.11 Å². The summed E-state index contributed by atoms with van der Waals surface area (Å²) in [6.45, 7) is 7.98. The zero-order valence-corrected chi connectivity index (χ0v) is 12.9. The molecule has 0 spiro atoms. The lowest BCUT2D eigenvalue weighted by atomic mass is 10.1. The number of hydrogen-bond acceptors (Lipinski definition) is 4. The van der Waals surface area contributed by atoms with Crippen molar-refractivity contribution in [3.8, 4) is 5.75 Å². The summed E-state index contributed by atoms with van der Waals surface area (Å²) in [7, 11) is 0. The van der Waals surface area contributed by atoms with Gasteiger partial charge in [-0.05, 0) is 44.0 Å². The molecule has 0 aromatic heterocycles. The van der Waals surface area contributed by atoms with Crippen LogP contribution in [0.25, 0.3) is 0 Å². The van der Waals surface area contributed by atoms with Gasteiger partial charge in [-0.15, -0.1) is 0 Å². The average molecular weight is 290 g/mol. The SMILES string of the molecule is CCOc1ccc(C(O)CN2CCN3CCCC3C2)cc1. The van der Waals surface area contributed by atoms with Crippen LogP contribution < -0.4 is 4.74 Å². The quantitative estimate of drug-likeness (QED) is 0.898. The molecule has 2 unspecified atom stereocenters. The van der Waals surface area contributed by atoms with Gasteiger partial charge in [0.15, 0.2) is 0 Å². The maximum atomic E-state index is 10.4. The van der Waals surface area contributed by atoms with Gasteiger partial charge in [0.2, 0.25) is 0 Å². The first kappa shape index (κ1) is 14.8. The van der Waals surface area contributed by atoms with E-state index in [2.05, 4.69) is 9.80 Å². The van der Waals surface area contributed by atoms with Crippen molar-refractivity contribution in [1.82, 2.24) is 9.80 Å². The fourth-order valence-corrected chi connectivity index (χ4v) is 3.52. The number of rotatable bonds is 5. The van der Waals surface area contributed by atoms with E-state index >= 15 is 0 Å². The van der Waals surface area contributed by atoms with Gasteiger partial charge < -0.3 is 9.84 Å². The van der Waals surface area contributed by atoms with Crippen LogP contribution >= 0.6 is 0 Å². The number of piperazine rings is 1. The van der Waals surface area contributed by atoms with Gasteiger partial charge in [-0.25, -0.2) is 0 Å². The topological polar surface area (TPSA) is 35.9 Å². The van der Waals surface area contributed by atoms with E-state index < -0.39 is 6.10 Å². The number of ether oxygens (including phenoxy) is 1. The van der Waals surface area contributed by atoms with Crippen molar-refractivity contribution in [2.45, 2.75) is 31.9 Å². The van der Waals surface area contributed by atoms with E-state index in [-0.39, 0.29) is 0 Å². The Bertz CT molecular complexity index is 449. The van der Waals surface area contributed by atoms with E-state index in [1.807, 2.05) is 31.2 Å². The second kappa shape index (κ2) is 6.77. The molecule has 4 nitrogen and oxygen atoms in total. The molecule has 0 amide bonds. The summed E-state index contributed by atoms with van der Waals surface area (Å²) in [4.78, 5) is 5.01. The fourth-order valence-electron chi connectivity index (χ4n) is 3.52. The van der Waals surface area contributed by atoms with Gasteiger partial charge in [0, 0.05) is 32.2 Å². The molecule has 2 fully saturated rings. The molecule has 0 bridgehead atoms. The summed E-state index contributed by atoms with van der Waals surface area (Å²) < 4.78 is 5.44. The number of nitrogens with zero attached hydrogens (tertiary/aromatic N) is 2. The van der Waals surface area contributed by atoms with E-state index in [1.165, 1.54) is 19.4 Å². The van der Waals surface area contributed by atoms with E-state index in [1.54, 1.807) is 0 Å². The monoisotopic (exact) mass is 290 g/mol. The van der Waals surface area contributed by atoms with Crippen LogP contribution in [0.15, 0.2) is 24.3 Å². The lowest BCUT2D eigenvalue weighted by Crippen LogP contribution is -2.50. The van der Waals surface area contributed by atoms with E-state index in [0.717, 1.165) is 37.5 Å². The Kier molecular flexibility index (Phi) is 4.78. The number of β-amino-alcohol motifs (C(OH)–C–C–N with tert-alkyl or cyclic N) is 1. The first-order valence-electron chi connectivity index (χ1n) is 8.13. The number of fused-ring (bicyclic) bond motifs is 1. The molecule has 2 aliphatic heterocycles. The summed E-state index contributed by atoms with van der Waals surface area (Å²) in [6.07, 6.45) is 2.24. The highest BCUT2D eigenvalue weighted by molar-refractivity contribution is 5.28. The van der Waals surface area contributed by atoms with Crippen molar-refractivity contribution in [2.75, 3.05) is 39.3 Å². The molecule has 116 valence electrons. The molecule has 0 saturated carbocycles. The Hall–Kier alpha value is -1.10. The molecule has 0 aliphatic carbocycles. The summed E-state index contributed by atoms with van der Waals surface area (Å²) in [5.41, 5.74) is 0.979. The van der Waals surface area contributed by atoms with Crippen LogP contribution in [0.1, 0.15) is 31.4 Å². The fraction of sp³-hybridized carbons (Fsp3) is 0.647. The Morgan fingerprint density at radius 1 is 1.24 bits per heavy atom. The highest BCUT2D eigenvalue weighted by Crippen LogP contribution is 2.24. The highest BCUT2D eigenvalue weighted by Gasteiger charge is 2.31. The molecule has 1 N–H and O–H groups in total. The molecule has 2 saturated heterocycles. The third-order valence-electron chi connectivity index (χ3n) is 4.68. The van der Waals surface area contributed by atoms with Crippen molar-refractivity contribution >= 4 is 0 Å². The summed E-state index contributed by atoms with van der Waals surface area (Å²) >= 11 is 0. The number of hydrogen-bond donors (Lipinski definition) is 1. The Morgan fingerprint density at radius 2 is 2.05 bits per heavy atom. The first-order valence-corrected chi connectivity index (χ1v) is 8.13. The Labute approximate surface area is 127 Å². The highest BCUT2D eigenvalue weighted by atomic mass is 16.5. The average Bonchev–Trinajstić information content (AvgIpc) is 2.96. The largest absolute Gasteiger partial charge is 0.494 e. The molecule has 2 aliphatic rings. The predicted octanol–water partition coefficient (Wildman–Crippen LogP) is 1.90. The minimum atomic E-state index is -0.409. The lowest BCUT2D eigenvalue weighted by molar-refractivity contribution is 0.0566. The zero-order valence-electron chi connectivity index (χ0n) is 12.9. The summed E-state index contributed by atoms with van der Waals surface area (Å²) in [5.74, 6) is 0.869. The van der Waals surface area contributed by atoms with Gasteiger partial charge in [0.05, 0.1) is 12.7 Å². The molecule has 21 heavy (non-hydrogen) atoms. The van der Waals surface area contributed by atoms with Gasteiger partial charge >= 0.3 is 0 Å². The van der Waals surface area contributed by atoms with Crippen LogP contribution in [0, 0.1) is 0 Å². The maximum Gasteiger partial charge on any atom is 0.119 e. The first-order chi connectivity index (χ1) is 10.3. The minimum absolute atomic E-state index is 0.409. The van der Waals surface area contributed by atoms with Gasteiger partial charge in [-0.2, -0.15) is 0 Å². The van der Waals surface area contributed by atoms with Gasteiger partial charge in [-0.3, -0.25) is 9.80 Å². The Morgan fingerprint density at radius 3 is 2.81 bits per heavy atom. The zero-order chi connectivity index (χ0) is 14.7. The second-order valence-electron chi connectivity index (χ2n) is 6.11. The molecule has 2 heterocycles. The standard InChI is InChI=1S/C17H26N2O2/c1-2-21-16-7-5-14(6-8-16)17(20)13-18-10-11-19-9-3-4-15(19)12-18/h5-8,15,17,20H,2-4,9-13H2,1H3. The minimum Gasteiger partial charge on any atom is -0.494 e. The molecule has 0 radical (unpaired) electrons. The van der Waals surface area contributed by atoms with Crippen LogP contribution in [0.3, 0.4) is 0 Å². The van der Waals surface area contributed by atoms with Gasteiger partial charge in [-0.1, -0.05) is 12.1 Å². The van der Waals surface area contributed by atoms with Gasteiger partial charge in [0.25, 0.3) is 0 Å². The van der Waals surface area contributed by atoms with Crippen LogP contribution in [0.4, 0.5) is 0 Å². The molecule has 1 aromatic rings. The van der Waals surface area contributed by atoms with Crippen molar-refractivity contribution in [3.05, 3.63) is 29.8 Å². The molecule has 2 atom stereocenters. The van der Waals surface area contributed by atoms with Crippen LogP contribution in [-0.2, 0) is 0 Å². The molecular weight excluding hydrogens is 264 g/mol. The Balaban J connectivity index is 1.54. The predicted molar refractivity (Wildman–Crippen MR) is 83.6 cm³/mol. The van der Waals surface area contributed by atoms with Crippen molar-refractivity contribution in [1.29, 1.82) is 0 Å². The summed E-state index contributed by atoms with van der Waals surface area (Å²) in [5, 5.41) is 10.4. The lowest BCUT2D eigenvalue weighted by Gasteiger charge is -2.38. The second-order valence-corrected chi connectivity index (χ2v) is 6.11. The van der Waals surface area contributed by atoms with Crippen molar-refractivity contribution in [3.63, 3.8) is 0 Å². The molecular formula is C17H26N2O2. The molecule has 3 rings (SSSR count). The maximum absolute atomic E-state index is 10.4. The number of aliphatic hydroxyl groups excluding tert-OH is 1. The van der Waals surface area contributed by atoms with Crippen LogP contribution in [0.2, 0.25) is 0 Å². The molecule has 4 heteroatoms. The van der Waals surface area contributed by atoms with Crippen LogP contribution in [-0.4, -0.2) is 60.3 Å². The van der Waals surface area contributed by atoms with E-state index in [4.69, 9.17) is 4.74 Å². The number of aliphatic hydroxyl groups is 1. The smallest absolute Gasteiger partial charge is 0.119 e. The van der Waals surface area contributed by atoms with Crippen molar-refractivity contribution in [2.24, 2.45) is 0 Å². The molecule has 1 aromatic carbocycles. The van der Waals surface area contributed by atoms with E-state index in [0.29, 0.717) is 12.6 Å². The van der Waals surface area contributed by atoms with Crippen LogP contribution in [0.5, 0.6) is 5.75 Å². The summed E-state index contributed by atoms with van der Waals surface area (Å²) in [6, 6.07) is 8.54.